The second-order valence-corrected chi connectivity index (χ2v) is 11.3. The number of nitrogens with two attached hydrogens (primary N) is 1. The summed E-state index contributed by atoms with van der Waals surface area (Å²) in [6.45, 7) is 15.4. The van der Waals surface area contributed by atoms with Gasteiger partial charge >= 0.3 is 23.9 Å². The number of benzene rings is 1. The van der Waals surface area contributed by atoms with Crippen molar-refractivity contribution in [1.82, 2.24) is 0 Å². The molecular weight excluding hydrogens is 466 g/mol. The van der Waals surface area contributed by atoms with Gasteiger partial charge in [-0.15, -0.1) is 0 Å². The minimum atomic E-state index is -1.34. The van der Waals surface area contributed by atoms with Crippen molar-refractivity contribution in [2.75, 3.05) is 6.61 Å². The van der Waals surface area contributed by atoms with Gasteiger partial charge in [-0.05, 0) is 71.6 Å². The summed E-state index contributed by atoms with van der Waals surface area (Å²) in [5.41, 5.74) is 4.82. The van der Waals surface area contributed by atoms with E-state index in [2.05, 4.69) is 0 Å². The van der Waals surface area contributed by atoms with E-state index in [0.717, 1.165) is 0 Å². The van der Waals surface area contributed by atoms with E-state index in [1.165, 1.54) is 12.1 Å². The van der Waals surface area contributed by atoms with Crippen LogP contribution in [-0.2, 0) is 23.9 Å². The Labute approximate surface area is 213 Å². The highest BCUT2D eigenvalue weighted by Crippen LogP contribution is 2.37. The number of carboxylic acid groups (broad SMARTS) is 1. The molecular formula is C27H41NO8. The predicted octanol–water partition coefficient (Wildman–Crippen LogP) is 4.31. The van der Waals surface area contributed by atoms with E-state index in [-0.39, 0.29) is 30.0 Å². The van der Waals surface area contributed by atoms with Crippen molar-refractivity contribution >= 4 is 23.9 Å². The highest BCUT2D eigenvalue weighted by atomic mass is 16.6. The average molecular weight is 508 g/mol. The second-order valence-electron chi connectivity index (χ2n) is 11.3. The van der Waals surface area contributed by atoms with Gasteiger partial charge in [-0.25, -0.2) is 0 Å². The molecule has 9 nitrogen and oxygen atoms in total. The third-order valence-electron chi connectivity index (χ3n) is 5.77. The molecule has 0 saturated heterocycles. The van der Waals surface area contributed by atoms with Crippen LogP contribution >= 0.6 is 0 Å². The molecule has 1 aromatic carbocycles. The van der Waals surface area contributed by atoms with Crippen molar-refractivity contribution < 1.29 is 38.5 Å². The largest absolute Gasteiger partial charge is 0.480 e. The molecule has 4 atom stereocenters. The molecule has 202 valence electrons. The van der Waals surface area contributed by atoms with Gasteiger partial charge in [-0.2, -0.15) is 0 Å². The summed E-state index contributed by atoms with van der Waals surface area (Å²) < 4.78 is 16.5. The molecule has 1 rings (SSSR count). The number of ether oxygens (including phenoxy) is 3. The Balaban J connectivity index is 3.47. The number of carboxylic acids is 1. The molecule has 0 amide bonds. The molecule has 0 saturated carbocycles. The number of carbonyl (C=O) groups excluding carboxylic acids is 3. The Bertz CT molecular complexity index is 958. The highest BCUT2D eigenvalue weighted by molar-refractivity contribution is 5.81. The third-order valence-corrected chi connectivity index (χ3v) is 5.77. The van der Waals surface area contributed by atoms with Gasteiger partial charge in [0.05, 0.1) is 23.4 Å². The van der Waals surface area contributed by atoms with E-state index in [1.54, 1.807) is 61.5 Å². The van der Waals surface area contributed by atoms with E-state index in [0.29, 0.717) is 12.0 Å². The maximum absolute atomic E-state index is 12.7. The quantitative estimate of drug-likeness (QED) is 0.350. The Morgan fingerprint density at radius 3 is 1.86 bits per heavy atom. The molecule has 1 aromatic rings. The van der Waals surface area contributed by atoms with Gasteiger partial charge in [0.2, 0.25) is 0 Å². The molecule has 3 unspecified atom stereocenters. The fourth-order valence-corrected chi connectivity index (χ4v) is 3.07. The minimum Gasteiger partial charge on any atom is -0.480 e. The lowest BCUT2D eigenvalue weighted by Crippen LogP contribution is -2.41. The molecule has 9 heteroatoms. The normalized spacial score (nSPS) is 15.3. The van der Waals surface area contributed by atoms with Crippen LogP contribution < -0.4 is 15.2 Å². The predicted molar refractivity (Wildman–Crippen MR) is 135 cm³/mol. The zero-order chi connectivity index (χ0) is 28.0. The molecule has 0 heterocycles. The van der Waals surface area contributed by atoms with Crippen molar-refractivity contribution in [3.05, 3.63) is 23.8 Å². The van der Waals surface area contributed by atoms with Crippen LogP contribution in [0.1, 0.15) is 80.2 Å². The number of esters is 3. The summed E-state index contributed by atoms with van der Waals surface area (Å²) in [6.07, 6.45) is 0.614. The van der Waals surface area contributed by atoms with Gasteiger partial charge < -0.3 is 25.1 Å². The van der Waals surface area contributed by atoms with E-state index in [1.807, 2.05) is 6.92 Å². The molecule has 0 radical (unpaired) electrons. The standard InChI is InChI=1S/C27H41NO8/c1-10-15(2)23(31)34-14-16(3)20(21(28)22(29)30)17-11-12-18(35-24(32)26(4,5)6)19(13-17)36-25(33)27(7,8)9/h11-13,15-16,20-21H,10,14,28H2,1-9H3,(H,29,30)/t15?,16?,20?,21-/m0/s1. The van der Waals surface area contributed by atoms with Gasteiger partial charge in [0, 0.05) is 5.92 Å². The Morgan fingerprint density at radius 1 is 0.917 bits per heavy atom. The molecule has 0 aromatic heterocycles. The lowest BCUT2D eigenvalue weighted by atomic mass is 9.82. The smallest absolute Gasteiger partial charge is 0.321 e. The molecule has 0 aliphatic carbocycles. The summed E-state index contributed by atoms with van der Waals surface area (Å²) in [5, 5.41) is 9.66. The number of hydrogen-bond acceptors (Lipinski definition) is 8. The number of rotatable bonds is 10. The molecule has 0 aliphatic heterocycles. The number of aliphatic carboxylic acids is 1. The van der Waals surface area contributed by atoms with E-state index in [9.17, 15) is 24.3 Å². The maximum atomic E-state index is 12.7. The summed E-state index contributed by atoms with van der Waals surface area (Å²) in [6, 6.07) is 3.13. The first-order valence-electron chi connectivity index (χ1n) is 12.1. The molecule has 3 N–H and O–H groups in total. The van der Waals surface area contributed by atoms with Crippen LogP contribution in [-0.4, -0.2) is 41.6 Å². The lowest BCUT2D eigenvalue weighted by molar-refractivity contribution is -0.149. The molecule has 36 heavy (non-hydrogen) atoms. The van der Waals surface area contributed by atoms with E-state index in [4.69, 9.17) is 19.9 Å². The van der Waals surface area contributed by atoms with Crippen LogP contribution in [0.2, 0.25) is 0 Å². The first-order chi connectivity index (χ1) is 16.4. The minimum absolute atomic E-state index is 0.0229. The monoisotopic (exact) mass is 507 g/mol. The SMILES string of the molecule is CCC(C)C(=O)OCC(C)C(c1ccc(OC(=O)C(C)(C)C)c(OC(=O)C(C)(C)C)c1)[C@H](N)C(=O)O. The van der Waals surface area contributed by atoms with Crippen molar-refractivity contribution in [2.45, 2.75) is 80.7 Å². The van der Waals surface area contributed by atoms with Crippen LogP contribution in [0.4, 0.5) is 0 Å². The van der Waals surface area contributed by atoms with Crippen molar-refractivity contribution in [1.29, 1.82) is 0 Å². The summed E-state index contributed by atoms with van der Waals surface area (Å²) in [5.74, 6) is -4.30. The van der Waals surface area contributed by atoms with Crippen LogP contribution in [0, 0.1) is 22.7 Å². The Morgan fingerprint density at radius 2 is 1.42 bits per heavy atom. The third kappa shape index (κ3) is 8.62. The molecule has 0 bridgehead atoms. The first-order valence-corrected chi connectivity index (χ1v) is 12.1. The molecule has 0 fully saturated rings. The second kappa shape index (κ2) is 12.3. The van der Waals surface area contributed by atoms with Crippen LogP contribution in [0.15, 0.2) is 18.2 Å². The first kappa shape index (κ1) is 31.1. The van der Waals surface area contributed by atoms with Gasteiger partial charge in [0.15, 0.2) is 11.5 Å². The Kier molecular flexibility index (Phi) is 10.7. The maximum Gasteiger partial charge on any atom is 0.321 e. The van der Waals surface area contributed by atoms with Gasteiger partial charge in [-0.1, -0.05) is 26.8 Å². The van der Waals surface area contributed by atoms with Gasteiger partial charge in [-0.3, -0.25) is 19.2 Å². The van der Waals surface area contributed by atoms with E-state index < -0.39 is 46.6 Å². The Hall–Kier alpha value is -2.94. The number of carbonyl (C=O) groups is 4. The average Bonchev–Trinajstić information content (AvgIpc) is 2.76. The molecule has 0 spiro atoms. The van der Waals surface area contributed by atoms with Crippen LogP contribution in [0.3, 0.4) is 0 Å². The van der Waals surface area contributed by atoms with Gasteiger partial charge in [0.1, 0.15) is 6.04 Å². The summed E-state index contributed by atoms with van der Waals surface area (Å²) >= 11 is 0. The van der Waals surface area contributed by atoms with Crippen molar-refractivity contribution in [2.24, 2.45) is 28.4 Å². The zero-order valence-corrected chi connectivity index (χ0v) is 22.8. The fourth-order valence-electron chi connectivity index (χ4n) is 3.07. The number of hydrogen-bond donors (Lipinski definition) is 2. The topological polar surface area (TPSA) is 142 Å². The van der Waals surface area contributed by atoms with Crippen molar-refractivity contribution in [3.8, 4) is 11.5 Å². The van der Waals surface area contributed by atoms with Crippen LogP contribution in [0.5, 0.6) is 11.5 Å². The lowest BCUT2D eigenvalue weighted by Gasteiger charge is -2.28. The highest BCUT2D eigenvalue weighted by Gasteiger charge is 2.34. The zero-order valence-electron chi connectivity index (χ0n) is 22.8. The van der Waals surface area contributed by atoms with Gasteiger partial charge in [0.25, 0.3) is 0 Å². The fraction of sp³-hybridized carbons (Fsp3) is 0.630. The van der Waals surface area contributed by atoms with Crippen LogP contribution in [0.25, 0.3) is 0 Å². The summed E-state index contributed by atoms with van der Waals surface area (Å²) in [4.78, 5) is 49.2. The van der Waals surface area contributed by atoms with Crippen molar-refractivity contribution in [3.63, 3.8) is 0 Å². The molecule has 0 aliphatic rings. The summed E-state index contributed by atoms with van der Waals surface area (Å²) in [7, 11) is 0. The van der Waals surface area contributed by atoms with E-state index >= 15 is 0 Å².